The maximum atomic E-state index is 14.8. The second kappa shape index (κ2) is 9.80. The summed E-state index contributed by atoms with van der Waals surface area (Å²) in [4.78, 5) is 36.8. The Hall–Kier alpha value is -2.10. The molecule has 3 amide bonds. The summed E-state index contributed by atoms with van der Waals surface area (Å²) in [5.41, 5.74) is 0.886. The standard InChI is InChI=1S/C19H22Cl2FN3O5/c20-17(21)18(28)23-8-13-9-25(19(29)30-13)12-1-2-14(15(22)7-12)11-3-5-24(6-4-11)16(27)10-26/h1-2,7,11,13,17,26H,3-6,8-10H2,(H,23,28)/t13-/m0/s1. The highest BCUT2D eigenvalue weighted by atomic mass is 35.5. The topological polar surface area (TPSA) is 99.2 Å². The number of benzene rings is 1. The number of anilines is 1. The van der Waals surface area contributed by atoms with Crippen LogP contribution in [-0.4, -0.2) is 71.6 Å². The lowest BCUT2D eigenvalue weighted by Crippen LogP contribution is -2.39. The highest BCUT2D eigenvalue weighted by molar-refractivity contribution is 6.53. The summed E-state index contributed by atoms with van der Waals surface area (Å²) in [6, 6.07) is 4.59. The second-order valence-corrected chi connectivity index (χ2v) is 8.28. The van der Waals surface area contributed by atoms with Gasteiger partial charge in [0.15, 0.2) is 4.84 Å². The van der Waals surface area contributed by atoms with Crippen molar-refractivity contribution in [2.45, 2.75) is 29.7 Å². The van der Waals surface area contributed by atoms with E-state index < -0.39 is 35.4 Å². The first-order valence-corrected chi connectivity index (χ1v) is 10.4. The fraction of sp³-hybridized carbons (Fsp3) is 0.526. The van der Waals surface area contributed by atoms with E-state index >= 15 is 0 Å². The molecule has 0 aliphatic carbocycles. The van der Waals surface area contributed by atoms with E-state index in [1.54, 1.807) is 17.0 Å². The normalized spacial score (nSPS) is 19.9. The summed E-state index contributed by atoms with van der Waals surface area (Å²) in [5.74, 6) is -1.39. The van der Waals surface area contributed by atoms with Crippen molar-refractivity contribution in [1.82, 2.24) is 10.2 Å². The van der Waals surface area contributed by atoms with Gasteiger partial charge in [-0.15, -0.1) is 0 Å². The Morgan fingerprint density at radius 1 is 1.30 bits per heavy atom. The first kappa shape index (κ1) is 22.6. The molecule has 2 heterocycles. The van der Waals surface area contributed by atoms with Crippen LogP contribution < -0.4 is 10.2 Å². The number of nitrogens with zero attached hydrogens (tertiary/aromatic N) is 2. The Balaban J connectivity index is 1.61. The third-order valence-electron chi connectivity index (χ3n) is 5.29. The lowest BCUT2D eigenvalue weighted by atomic mass is 9.89. The smallest absolute Gasteiger partial charge is 0.414 e. The number of hydrogen-bond donors (Lipinski definition) is 2. The van der Waals surface area contributed by atoms with Crippen LogP contribution in [0.2, 0.25) is 0 Å². The van der Waals surface area contributed by atoms with Crippen molar-refractivity contribution in [2.24, 2.45) is 0 Å². The Morgan fingerprint density at radius 2 is 2.00 bits per heavy atom. The number of piperidine rings is 1. The van der Waals surface area contributed by atoms with E-state index in [1.165, 1.54) is 11.0 Å². The molecule has 0 bridgehead atoms. The largest absolute Gasteiger partial charge is 0.442 e. The first-order chi connectivity index (χ1) is 14.3. The quantitative estimate of drug-likeness (QED) is 0.628. The number of amides is 3. The number of hydrogen-bond acceptors (Lipinski definition) is 5. The molecule has 0 spiro atoms. The number of alkyl halides is 2. The number of nitrogens with one attached hydrogen (secondary N) is 1. The van der Waals surface area contributed by atoms with Crippen molar-refractivity contribution in [3.05, 3.63) is 29.6 Å². The molecule has 2 saturated heterocycles. The van der Waals surface area contributed by atoms with E-state index in [1.807, 2.05) is 0 Å². The maximum Gasteiger partial charge on any atom is 0.414 e. The number of halogens is 3. The van der Waals surface area contributed by atoms with Crippen molar-refractivity contribution >= 4 is 46.8 Å². The van der Waals surface area contributed by atoms with E-state index in [4.69, 9.17) is 33.0 Å². The molecular formula is C19H22Cl2FN3O5. The van der Waals surface area contributed by atoms with Crippen molar-refractivity contribution in [3.8, 4) is 0 Å². The van der Waals surface area contributed by atoms with Crippen molar-refractivity contribution in [3.63, 3.8) is 0 Å². The predicted molar refractivity (Wildman–Crippen MR) is 108 cm³/mol. The van der Waals surface area contributed by atoms with Gasteiger partial charge in [-0.1, -0.05) is 29.3 Å². The molecule has 2 aliphatic heterocycles. The Bertz CT molecular complexity index is 817. The average molecular weight is 462 g/mol. The molecule has 0 saturated carbocycles. The van der Waals surface area contributed by atoms with Crippen LogP contribution >= 0.6 is 23.2 Å². The van der Waals surface area contributed by atoms with Crippen LogP contribution in [0.25, 0.3) is 0 Å². The summed E-state index contributed by atoms with van der Waals surface area (Å²) in [7, 11) is 0. The summed E-state index contributed by atoms with van der Waals surface area (Å²) < 4.78 is 20.0. The summed E-state index contributed by atoms with van der Waals surface area (Å²) in [5, 5.41) is 11.4. The second-order valence-electron chi connectivity index (χ2n) is 7.18. The molecular weight excluding hydrogens is 440 g/mol. The number of carbonyl (C=O) groups excluding carboxylic acids is 3. The van der Waals surface area contributed by atoms with E-state index in [0.717, 1.165) is 0 Å². The molecule has 3 rings (SSSR count). The molecule has 164 valence electrons. The van der Waals surface area contributed by atoms with Crippen LogP contribution in [0.4, 0.5) is 14.9 Å². The van der Waals surface area contributed by atoms with Crippen LogP contribution in [0.1, 0.15) is 24.3 Å². The fourth-order valence-corrected chi connectivity index (χ4v) is 3.84. The molecule has 0 aromatic heterocycles. The zero-order valence-corrected chi connectivity index (χ0v) is 17.5. The van der Waals surface area contributed by atoms with Gasteiger partial charge in [0.2, 0.25) is 5.91 Å². The zero-order valence-electron chi connectivity index (χ0n) is 16.0. The highest BCUT2D eigenvalue weighted by Crippen LogP contribution is 2.32. The Labute approximate surface area is 182 Å². The van der Waals surface area contributed by atoms with E-state index in [9.17, 15) is 18.8 Å². The number of carbonyl (C=O) groups is 3. The molecule has 2 fully saturated rings. The fourth-order valence-electron chi connectivity index (χ4n) is 3.69. The number of cyclic esters (lactones) is 1. The predicted octanol–water partition coefficient (Wildman–Crippen LogP) is 1.77. The molecule has 1 atom stereocenters. The van der Waals surface area contributed by atoms with Gasteiger partial charge in [-0.3, -0.25) is 14.5 Å². The van der Waals surface area contributed by atoms with E-state index in [-0.39, 0.29) is 24.9 Å². The molecule has 0 radical (unpaired) electrons. The molecule has 0 unspecified atom stereocenters. The van der Waals surface area contributed by atoms with Crippen molar-refractivity contribution in [2.75, 3.05) is 37.7 Å². The Kier molecular flexibility index (Phi) is 7.38. The number of aliphatic hydroxyl groups excluding tert-OH is 1. The SMILES string of the molecule is O=C(NC[C@H]1CN(c2ccc(C3CCN(C(=O)CO)CC3)c(F)c2)C(=O)O1)C(Cl)Cl. The maximum absolute atomic E-state index is 14.8. The van der Waals surface area contributed by atoms with Gasteiger partial charge in [-0.25, -0.2) is 9.18 Å². The van der Waals surface area contributed by atoms with Crippen LogP contribution in [0.15, 0.2) is 18.2 Å². The van der Waals surface area contributed by atoms with E-state index in [0.29, 0.717) is 37.2 Å². The summed E-state index contributed by atoms with van der Waals surface area (Å²) in [6.07, 6.45) is -0.0507. The van der Waals surface area contributed by atoms with Crippen molar-refractivity contribution in [1.29, 1.82) is 0 Å². The summed E-state index contributed by atoms with van der Waals surface area (Å²) in [6.45, 7) is 0.589. The molecule has 30 heavy (non-hydrogen) atoms. The minimum absolute atomic E-state index is 0.0444. The Morgan fingerprint density at radius 3 is 2.60 bits per heavy atom. The number of rotatable bonds is 6. The molecule has 11 heteroatoms. The molecule has 8 nitrogen and oxygen atoms in total. The number of likely N-dealkylation sites (tertiary alicyclic amines) is 1. The van der Waals surface area contributed by atoms with Gasteiger partial charge in [0, 0.05) is 13.1 Å². The van der Waals surface area contributed by atoms with Gasteiger partial charge in [0.05, 0.1) is 18.8 Å². The third kappa shape index (κ3) is 5.14. The zero-order chi connectivity index (χ0) is 21.8. The first-order valence-electron chi connectivity index (χ1n) is 9.52. The van der Waals surface area contributed by atoms with Gasteiger partial charge in [-0.2, -0.15) is 0 Å². The van der Waals surface area contributed by atoms with Crippen LogP contribution in [-0.2, 0) is 14.3 Å². The van der Waals surface area contributed by atoms with Crippen LogP contribution in [0.3, 0.4) is 0 Å². The lowest BCUT2D eigenvalue weighted by molar-refractivity contribution is -0.135. The molecule has 2 aliphatic rings. The van der Waals surface area contributed by atoms with Gasteiger partial charge in [0.25, 0.3) is 5.91 Å². The van der Waals surface area contributed by atoms with Crippen molar-refractivity contribution < 1.29 is 28.6 Å². The lowest BCUT2D eigenvalue weighted by Gasteiger charge is -2.32. The number of aliphatic hydroxyl groups is 1. The average Bonchev–Trinajstić information content (AvgIpc) is 3.12. The minimum atomic E-state index is -1.21. The summed E-state index contributed by atoms with van der Waals surface area (Å²) >= 11 is 10.9. The van der Waals surface area contributed by atoms with E-state index in [2.05, 4.69) is 5.32 Å². The molecule has 1 aromatic rings. The van der Waals surface area contributed by atoms with Gasteiger partial charge in [-0.05, 0) is 36.5 Å². The number of ether oxygens (including phenoxy) is 1. The third-order valence-corrected chi connectivity index (χ3v) is 5.69. The van der Waals surface area contributed by atoms with Gasteiger partial charge >= 0.3 is 6.09 Å². The molecule has 1 aromatic carbocycles. The minimum Gasteiger partial charge on any atom is -0.442 e. The highest BCUT2D eigenvalue weighted by Gasteiger charge is 2.33. The van der Waals surface area contributed by atoms with Gasteiger partial charge in [0.1, 0.15) is 18.5 Å². The van der Waals surface area contributed by atoms with Crippen LogP contribution in [0.5, 0.6) is 0 Å². The van der Waals surface area contributed by atoms with Crippen LogP contribution in [0, 0.1) is 5.82 Å². The molecule has 2 N–H and O–H groups in total. The van der Waals surface area contributed by atoms with Gasteiger partial charge < -0.3 is 20.1 Å². The monoisotopic (exact) mass is 461 g/mol.